The molecule has 1 fully saturated rings. The van der Waals surface area contributed by atoms with Crippen LogP contribution in [0.3, 0.4) is 0 Å². The van der Waals surface area contributed by atoms with Gasteiger partial charge < -0.3 is 5.32 Å². The van der Waals surface area contributed by atoms with Crippen LogP contribution in [-0.2, 0) is 12.1 Å². The highest BCUT2D eigenvalue weighted by Gasteiger charge is 2.32. The number of hydrogen-bond acceptors (Lipinski definition) is 1. The van der Waals surface area contributed by atoms with Gasteiger partial charge in [-0.15, -0.1) is 0 Å². The predicted octanol–water partition coefficient (Wildman–Crippen LogP) is 4.64. The second-order valence-corrected chi connectivity index (χ2v) is 5.85. The molecule has 1 saturated carbocycles. The van der Waals surface area contributed by atoms with Gasteiger partial charge >= 0.3 is 0 Å². The van der Waals surface area contributed by atoms with Crippen LogP contribution in [0.2, 0.25) is 0 Å². The summed E-state index contributed by atoms with van der Waals surface area (Å²) >= 11 is 0. The van der Waals surface area contributed by atoms with Crippen molar-refractivity contribution in [3.63, 3.8) is 0 Å². The Morgan fingerprint density at radius 3 is 2.00 bits per heavy atom. The maximum Gasteiger partial charge on any atom is 0.0437 e. The molecule has 0 radical (unpaired) electrons. The molecule has 1 aliphatic carbocycles. The monoisotopic (exact) mass is 265 g/mol. The van der Waals surface area contributed by atoms with E-state index >= 15 is 0 Å². The van der Waals surface area contributed by atoms with Crippen LogP contribution in [0, 0.1) is 0 Å². The van der Waals surface area contributed by atoms with Crippen LogP contribution in [0.4, 0.5) is 0 Å². The Hall–Kier alpha value is -1.60. The van der Waals surface area contributed by atoms with Crippen LogP contribution >= 0.6 is 0 Å². The molecule has 0 unspecified atom stereocenters. The minimum Gasteiger partial charge on any atom is -0.303 e. The summed E-state index contributed by atoms with van der Waals surface area (Å²) in [5.41, 5.74) is 3.00. The lowest BCUT2D eigenvalue weighted by atomic mass is 9.76. The SMILES string of the molecule is c1ccc(CNC2(c3ccccc3)CCCCC2)cc1. The molecule has 104 valence electrons. The summed E-state index contributed by atoms with van der Waals surface area (Å²) in [6.45, 7) is 0.954. The third-order valence-corrected chi connectivity index (χ3v) is 4.51. The van der Waals surface area contributed by atoms with Crippen LogP contribution in [0.1, 0.15) is 43.2 Å². The first kappa shape index (κ1) is 13.4. The molecule has 3 rings (SSSR count). The molecule has 0 aliphatic heterocycles. The first-order valence-corrected chi connectivity index (χ1v) is 7.74. The molecule has 20 heavy (non-hydrogen) atoms. The first-order valence-electron chi connectivity index (χ1n) is 7.74. The average molecular weight is 265 g/mol. The van der Waals surface area contributed by atoms with Crippen LogP contribution in [0.15, 0.2) is 60.7 Å². The zero-order chi connectivity index (χ0) is 13.7. The molecule has 0 amide bonds. The van der Waals surface area contributed by atoms with Crippen molar-refractivity contribution < 1.29 is 0 Å². The fraction of sp³-hybridized carbons (Fsp3) is 0.368. The number of nitrogens with one attached hydrogen (secondary N) is 1. The van der Waals surface area contributed by atoms with E-state index in [1.54, 1.807) is 0 Å². The molecule has 0 saturated heterocycles. The lowest BCUT2D eigenvalue weighted by Crippen LogP contribution is -2.43. The van der Waals surface area contributed by atoms with Crippen molar-refractivity contribution in [2.45, 2.75) is 44.2 Å². The van der Waals surface area contributed by atoms with Crippen molar-refractivity contribution in [1.82, 2.24) is 5.32 Å². The van der Waals surface area contributed by atoms with Gasteiger partial charge in [0.2, 0.25) is 0 Å². The number of hydrogen-bond donors (Lipinski definition) is 1. The Morgan fingerprint density at radius 1 is 0.750 bits per heavy atom. The van der Waals surface area contributed by atoms with Crippen molar-refractivity contribution in [3.8, 4) is 0 Å². The fourth-order valence-corrected chi connectivity index (χ4v) is 3.35. The second kappa shape index (κ2) is 6.23. The van der Waals surface area contributed by atoms with Crippen molar-refractivity contribution in [3.05, 3.63) is 71.8 Å². The lowest BCUT2D eigenvalue weighted by molar-refractivity contribution is 0.231. The highest BCUT2D eigenvalue weighted by molar-refractivity contribution is 5.26. The summed E-state index contributed by atoms with van der Waals surface area (Å²) in [6.07, 6.45) is 6.54. The zero-order valence-corrected chi connectivity index (χ0v) is 12.0. The molecular weight excluding hydrogens is 242 g/mol. The van der Waals surface area contributed by atoms with E-state index in [0.29, 0.717) is 0 Å². The van der Waals surface area contributed by atoms with Gasteiger partial charge in [-0.3, -0.25) is 0 Å². The van der Waals surface area contributed by atoms with Gasteiger partial charge in [0.25, 0.3) is 0 Å². The van der Waals surface area contributed by atoms with Crippen LogP contribution in [0.25, 0.3) is 0 Å². The van der Waals surface area contributed by atoms with Crippen molar-refractivity contribution >= 4 is 0 Å². The minimum absolute atomic E-state index is 0.176. The summed E-state index contributed by atoms with van der Waals surface area (Å²) in [6, 6.07) is 21.7. The molecule has 2 aromatic rings. The standard InChI is InChI=1S/C19H23N/c1-4-10-17(11-5-1)16-20-19(14-8-3-9-15-19)18-12-6-2-7-13-18/h1-2,4-7,10-13,20H,3,8-9,14-16H2. The summed E-state index contributed by atoms with van der Waals surface area (Å²) in [7, 11) is 0. The Morgan fingerprint density at radius 2 is 1.35 bits per heavy atom. The van der Waals surface area contributed by atoms with Crippen molar-refractivity contribution in [2.75, 3.05) is 0 Å². The lowest BCUT2D eigenvalue weighted by Gasteiger charge is -2.39. The smallest absolute Gasteiger partial charge is 0.0437 e. The highest BCUT2D eigenvalue weighted by Crippen LogP contribution is 2.37. The zero-order valence-electron chi connectivity index (χ0n) is 12.0. The molecule has 2 aromatic carbocycles. The normalized spacial score (nSPS) is 17.8. The topological polar surface area (TPSA) is 12.0 Å². The summed E-state index contributed by atoms with van der Waals surface area (Å²) in [4.78, 5) is 0. The van der Waals surface area contributed by atoms with E-state index in [9.17, 15) is 0 Å². The summed E-state index contributed by atoms with van der Waals surface area (Å²) in [5, 5.41) is 3.87. The van der Waals surface area contributed by atoms with Gasteiger partial charge in [0.15, 0.2) is 0 Å². The van der Waals surface area contributed by atoms with Crippen LogP contribution < -0.4 is 5.32 Å². The van der Waals surface area contributed by atoms with Crippen LogP contribution in [-0.4, -0.2) is 0 Å². The van der Waals surface area contributed by atoms with Gasteiger partial charge in [-0.1, -0.05) is 79.9 Å². The molecule has 1 aliphatic rings. The molecule has 0 spiro atoms. The van der Waals surface area contributed by atoms with E-state index in [1.807, 2.05) is 0 Å². The summed E-state index contributed by atoms with van der Waals surface area (Å²) in [5.74, 6) is 0. The highest BCUT2D eigenvalue weighted by atomic mass is 15.0. The fourth-order valence-electron chi connectivity index (χ4n) is 3.35. The van der Waals surface area contributed by atoms with E-state index in [1.165, 1.54) is 43.2 Å². The number of rotatable bonds is 4. The molecule has 1 heteroatoms. The largest absolute Gasteiger partial charge is 0.303 e. The van der Waals surface area contributed by atoms with E-state index in [-0.39, 0.29) is 5.54 Å². The van der Waals surface area contributed by atoms with Gasteiger partial charge in [0.1, 0.15) is 0 Å². The van der Waals surface area contributed by atoms with Gasteiger partial charge in [-0.05, 0) is 24.0 Å². The van der Waals surface area contributed by atoms with Gasteiger partial charge in [-0.2, -0.15) is 0 Å². The Balaban J connectivity index is 1.80. The molecule has 0 atom stereocenters. The molecule has 0 heterocycles. The second-order valence-electron chi connectivity index (χ2n) is 5.85. The van der Waals surface area contributed by atoms with Gasteiger partial charge in [0.05, 0.1) is 0 Å². The maximum atomic E-state index is 3.87. The van der Waals surface area contributed by atoms with E-state index < -0.39 is 0 Å². The van der Waals surface area contributed by atoms with E-state index in [0.717, 1.165) is 6.54 Å². The Labute approximate surface area is 122 Å². The van der Waals surface area contributed by atoms with Crippen molar-refractivity contribution in [2.24, 2.45) is 0 Å². The van der Waals surface area contributed by atoms with Crippen LogP contribution in [0.5, 0.6) is 0 Å². The number of benzene rings is 2. The first-order chi connectivity index (χ1) is 9.89. The Kier molecular flexibility index (Phi) is 4.17. The molecule has 1 nitrogen and oxygen atoms in total. The Bertz CT molecular complexity index is 512. The van der Waals surface area contributed by atoms with E-state index in [2.05, 4.69) is 66.0 Å². The molecule has 0 aromatic heterocycles. The average Bonchev–Trinajstić information content (AvgIpc) is 2.56. The van der Waals surface area contributed by atoms with E-state index in [4.69, 9.17) is 0 Å². The van der Waals surface area contributed by atoms with Gasteiger partial charge in [-0.25, -0.2) is 0 Å². The third-order valence-electron chi connectivity index (χ3n) is 4.51. The van der Waals surface area contributed by atoms with Crippen molar-refractivity contribution in [1.29, 1.82) is 0 Å². The quantitative estimate of drug-likeness (QED) is 0.849. The van der Waals surface area contributed by atoms with Gasteiger partial charge in [0, 0.05) is 12.1 Å². The maximum absolute atomic E-state index is 3.87. The molecular formula is C19H23N. The minimum atomic E-state index is 0.176. The predicted molar refractivity (Wildman–Crippen MR) is 84.5 cm³/mol. The molecule has 1 N–H and O–H groups in total. The molecule has 0 bridgehead atoms. The third kappa shape index (κ3) is 2.94. The summed E-state index contributed by atoms with van der Waals surface area (Å²) < 4.78 is 0.